The Morgan fingerprint density at radius 2 is 1.93 bits per heavy atom. The minimum atomic E-state index is -0.372. The van der Waals surface area contributed by atoms with Gasteiger partial charge in [0, 0.05) is 18.4 Å². The lowest BCUT2D eigenvalue weighted by atomic mass is 10.2. The van der Waals surface area contributed by atoms with E-state index in [4.69, 9.17) is 4.42 Å². The number of anilines is 1. The molecule has 1 aliphatic rings. The Hall–Kier alpha value is -3.87. The largest absolute Gasteiger partial charge is 0.467 e. The Bertz CT molecular complexity index is 1210. The molecular weight excluding hydrogens is 368 g/mol. The zero-order valence-corrected chi connectivity index (χ0v) is 15.5. The van der Waals surface area contributed by atoms with Gasteiger partial charge in [0.2, 0.25) is 5.82 Å². The van der Waals surface area contributed by atoms with E-state index in [2.05, 4.69) is 10.3 Å². The van der Waals surface area contributed by atoms with Crippen LogP contribution in [0.2, 0.25) is 0 Å². The van der Waals surface area contributed by atoms with Gasteiger partial charge in [0.25, 0.3) is 11.8 Å². The van der Waals surface area contributed by atoms with Crippen LogP contribution in [0.25, 0.3) is 5.52 Å². The number of aromatic nitrogens is 2. The van der Waals surface area contributed by atoms with Crippen molar-refractivity contribution in [2.24, 2.45) is 0 Å². The second kappa shape index (κ2) is 6.94. The number of hydrogen-bond acceptors (Lipinski definition) is 4. The Morgan fingerprint density at radius 1 is 1.07 bits per heavy atom. The van der Waals surface area contributed by atoms with Gasteiger partial charge in [-0.05, 0) is 42.3 Å². The van der Waals surface area contributed by atoms with Gasteiger partial charge in [-0.25, -0.2) is 4.98 Å². The Balaban J connectivity index is 1.49. The molecule has 0 spiro atoms. The van der Waals surface area contributed by atoms with Crippen molar-refractivity contribution in [1.29, 1.82) is 0 Å². The van der Waals surface area contributed by atoms with Gasteiger partial charge >= 0.3 is 0 Å². The number of amides is 2. The fraction of sp³-hybridized carbons (Fsp3) is 0.136. The van der Waals surface area contributed by atoms with Gasteiger partial charge in [-0.2, -0.15) is 0 Å². The van der Waals surface area contributed by atoms with Crippen molar-refractivity contribution >= 4 is 23.0 Å². The lowest BCUT2D eigenvalue weighted by Gasteiger charge is -2.16. The number of carbonyl (C=O) groups excluding carboxylic acids is 2. The van der Waals surface area contributed by atoms with Crippen LogP contribution in [-0.4, -0.2) is 27.7 Å². The van der Waals surface area contributed by atoms with E-state index >= 15 is 0 Å². The molecule has 2 amide bonds. The van der Waals surface area contributed by atoms with Crippen LogP contribution in [-0.2, 0) is 13.0 Å². The summed E-state index contributed by atoms with van der Waals surface area (Å²) in [5.74, 6) is 0.236. The van der Waals surface area contributed by atoms with Crippen LogP contribution in [0.5, 0.6) is 0 Å². The lowest BCUT2D eigenvalue weighted by molar-refractivity contribution is 0.0937. The number of hydrogen-bond donors (Lipinski definition) is 1. The smallest absolute Gasteiger partial charge is 0.288 e. The molecule has 0 fully saturated rings. The van der Waals surface area contributed by atoms with Crippen molar-refractivity contribution in [3.8, 4) is 0 Å². The summed E-state index contributed by atoms with van der Waals surface area (Å²) in [6.07, 6.45) is 4.10. The van der Waals surface area contributed by atoms with E-state index < -0.39 is 0 Å². The highest BCUT2D eigenvalue weighted by molar-refractivity contribution is 6.11. The van der Waals surface area contributed by atoms with Gasteiger partial charge in [-0.1, -0.05) is 24.3 Å². The second-order valence-corrected chi connectivity index (χ2v) is 6.84. The van der Waals surface area contributed by atoms with Crippen molar-refractivity contribution in [1.82, 2.24) is 14.7 Å². The third kappa shape index (κ3) is 2.97. The molecule has 4 aromatic rings. The second-order valence-electron chi connectivity index (χ2n) is 6.84. The average molecular weight is 386 g/mol. The molecule has 144 valence electrons. The first kappa shape index (κ1) is 17.2. The number of benzene rings is 1. The van der Waals surface area contributed by atoms with Crippen LogP contribution in [0.4, 0.5) is 5.69 Å². The number of furan rings is 1. The maximum Gasteiger partial charge on any atom is 0.288 e. The Kier molecular flexibility index (Phi) is 4.13. The van der Waals surface area contributed by atoms with Crippen LogP contribution in [0, 0.1) is 0 Å². The molecule has 1 N–H and O–H groups in total. The number of nitrogens with one attached hydrogen (secondary N) is 1. The summed E-state index contributed by atoms with van der Waals surface area (Å²) in [7, 11) is 0. The van der Waals surface area contributed by atoms with E-state index in [9.17, 15) is 9.59 Å². The molecule has 0 saturated heterocycles. The molecule has 5 rings (SSSR count). The van der Waals surface area contributed by atoms with Crippen molar-refractivity contribution in [3.63, 3.8) is 0 Å². The summed E-state index contributed by atoms with van der Waals surface area (Å²) in [4.78, 5) is 32.2. The molecule has 1 aliphatic heterocycles. The number of pyridine rings is 1. The first-order valence-electron chi connectivity index (χ1n) is 9.40. The standard InChI is InChI=1S/C22H18N4O3/c27-21(23-14-16-7-5-13-29-16)20-24-19(18-9-3-4-11-25(18)20)22(28)26-12-10-15-6-1-2-8-17(15)26/h1-9,11,13H,10,12,14H2,(H,23,27). The molecule has 29 heavy (non-hydrogen) atoms. The number of imidazole rings is 1. The minimum absolute atomic E-state index is 0.169. The fourth-order valence-electron chi connectivity index (χ4n) is 3.69. The van der Waals surface area contributed by atoms with Gasteiger partial charge in [0.1, 0.15) is 5.76 Å². The number of para-hydroxylation sites is 1. The van der Waals surface area contributed by atoms with Gasteiger partial charge in [-0.15, -0.1) is 0 Å². The molecule has 0 unspecified atom stereocenters. The third-order valence-electron chi connectivity index (χ3n) is 5.09. The van der Waals surface area contributed by atoms with Crippen molar-refractivity contribution in [2.45, 2.75) is 13.0 Å². The first-order chi connectivity index (χ1) is 14.2. The lowest BCUT2D eigenvalue weighted by Crippen LogP contribution is -2.29. The molecule has 0 bridgehead atoms. The number of fused-ring (bicyclic) bond motifs is 2. The summed E-state index contributed by atoms with van der Waals surface area (Å²) in [5, 5.41) is 2.79. The molecule has 1 aromatic carbocycles. The number of rotatable bonds is 4. The van der Waals surface area contributed by atoms with E-state index in [1.54, 1.807) is 46.0 Å². The maximum atomic E-state index is 13.3. The summed E-state index contributed by atoms with van der Waals surface area (Å²) in [5.41, 5.74) is 2.91. The Morgan fingerprint density at radius 3 is 2.79 bits per heavy atom. The predicted molar refractivity (Wildman–Crippen MR) is 107 cm³/mol. The summed E-state index contributed by atoms with van der Waals surface area (Å²) in [6.45, 7) is 0.848. The molecule has 0 aliphatic carbocycles. The molecule has 7 nitrogen and oxygen atoms in total. The van der Waals surface area contributed by atoms with Crippen molar-refractivity contribution in [2.75, 3.05) is 11.4 Å². The molecule has 3 aromatic heterocycles. The van der Waals surface area contributed by atoms with Gasteiger partial charge < -0.3 is 14.6 Å². The van der Waals surface area contributed by atoms with Crippen LogP contribution in [0.15, 0.2) is 71.5 Å². The third-order valence-corrected chi connectivity index (χ3v) is 5.09. The topological polar surface area (TPSA) is 79.8 Å². The van der Waals surface area contributed by atoms with Crippen LogP contribution >= 0.6 is 0 Å². The van der Waals surface area contributed by atoms with Crippen LogP contribution in [0.1, 0.15) is 32.4 Å². The van der Waals surface area contributed by atoms with Crippen LogP contribution in [0.3, 0.4) is 0 Å². The van der Waals surface area contributed by atoms with Crippen LogP contribution < -0.4 is 10.2 Å². The van der Waals surface area contributed by atoms with Crippen molar-refractivity contribution in [3.05, 3.63) is 89.9 Å². The summed E-state index contributed by atoms with van der Waals surface area (Å²) in [6, 6.07) is 16.8. The van der Waals surface area contributed by atoms with Gasteiger partial charge in [0.15, 0.2) is 5.69 Å². The quantitative estimate of drug-likeness (QED) is 0.585. The van der Waals surface area contributed by atoms with Gasteiger partial charge in [0.05, 0.1) is 18.3 Å². The molecule has 0 radical (unpaired) electrons. The highest BCUT2D eigenvalue weighted by atomic mass is 16.3. The Labute approximate surface area is 166 Å². The van der Waals surface area contributed by atoms with E-state index in [0.717, 1.165) is 17.7 Å². The maximum absolute atomic E-state index is 13.3. The van der Waals surface area contributed by atoms with E-state index in [0.29, 0.717) is 17.8 Å². The normalized spacial score (nSPS) is 12.9. The SMILES string of the molecule is O=C(NCc1ccco1)c1nc(C(=O)N2CCc3ccccc32)c2ccccn12. The first-order valence-corrected chi connectivity index (χ1v) is 9.40. The predicted octanol–water partition coefficient (Wildman–Crippen LogP) is 3.06. The zero-order valence-electron chi connectivity index (χ0n) is 15.5. The highest BCUT2D eigenvalue weighted by Gasteiger charge is 2.29. The minimum Gasteiger partial charge on any atom is -0.467 e. The summed E-state index contributed by atoms with van der Waals surface area (Å²) >= 11 is 0. The van der Waals surface area contributed by atoms with E-state index in [-0.39, 0.29) is 29.9 Å². The van der Waals surface area contributed by atoms with E-state index in [1.807, 2.05) is 30.3 Å². The molecule has 0 atom stereocenters. The number of nitrogens with zero attached hydrogens (tertiary/aromatic N) is 3. The zero-order chi connectivity index (χ0) is 19.8. The van der Waals surface area contributed by atoms with Gasteiger partial charge in [-0.3, -0.25) is 14.0 Å². The molecule has 0 saturated carbocycles. The molecule has 4 heterocycles. The molecular formula is C22H18N4O3. The van der Waals surface area contributed by atoms with Crippen molar-refractivity contribution < 1.29 is 14.0 Å². The monoisotopic (exact) mass is 386 g/mol. The fourth-order valence-corrected chi connectivity index (χ4v) is 3.69. The van der Waals surface area contributed by atoms with E-state index in [1.165, 1.54) is 0 Å². The highest BCUT2D eigenvalue weighted by Crippen LogP contribution is 2.29. The molecule has 7 heteroatoms. The average Bonchev–Trinajstić information content (AvgIpc) is 3.50. The number of carbonyl (C=O) groups is 2. The summed E-state index contributed by atoms with van der Waals surface area (Å²) < 4.78 is 6.89.